The minimum absolute atomic E-state index is 0.192. The fourth-order valence-corrected chi connectivity index (χ4v) is 4.34. The molecule has 1 N–H and O–H groups in total. The third-order valence-corrected chi connectivity index (χ3v) is 4.97. The van der Waals surface area contributed by atoms with Gasteiger partial charge in [-0.15, -0.1) is 0 Å². The fraction of sp³-hybridized carbons (Fsp3) is 0.625. The van der Waals surface area contributed by atoms with Crippen LogP contribution in [0.25, 0.3) is 0 Å². The van der Waals surface area contributed by atoms with Gasteiger partial charge >= 0.3 is 0 Å². The molecule has 1 aliphatic carbocycles. The number of aliphatic hydroxyl groups is 1. The Morgan fingerprint density at radius 3 is 2.00 bits per heavy atom. The molecule has 0 spiro atoms. The molecule has 1 aromatic carbocycles. The zero-order valence-corrected chi connectivity index (χ0v) is 13.9. The second kappa shape index (κ2) is 4.17. The summed E-state index contributed by atoms with van der Waals surface area (Å²) in [4.78, 5) is 0. The Hall–Kier alpha value is -0.643. The summed E-state index contributed by atoms with van der Waals surface area (Å²) < 4.78 is 6.45. The quantitative estimate of drug-likeness (QED) is 0.849. The smallest absolute Gasteiger partial charge is 0.185 e. The Morgan fingerprint density at radius 1 is 1.11 bits per heavy atom. The second-order valence-corrected chi connectivity index (χ2v) is 12.1. The van der Waals surface area contributed by atoms with Crippen LogP contribution in [0.15, 0.2) is 30.3 Å². The number of benzene rings is 1. The molecule has 0 amide bonds. The van der Waals surface area contributed by atoms with Crippen LogP contribution in [0.4, 0.5) is 0 Å². The van der Waals surface area contributed by atoms with E-state index in [4.69, 9.17) is 4.43 Å². The average molecular weight is 278 g/mol. The number of hydrogen-bond acceptors (Lipinski definition) is 2. The molecule has 106 valence electrons. The molecule has 1 aromatic rings. The van der Waals surface area contributed by atoms with Gasteiger partial charge < -0.3 is 9.53 Å². The van der Waals surface area contributed by atoms with Crippen molar-refractivity contribution in [2.45, 2.75) is 58.0 Å². The van der Waals surface area contributed by atoms with Gasteiger partial charge in [0, 0.05) is 6.42 Å². The molecule has 1 aliphatic rings. The third-order valence-electron chi connectivity index (χ3n) is 4.01. The first-order valence-electron chi connectivity index (χ1n) is 7.00. The van der Waals surface area contributed by atoms with Crippen LogP contribution in [0, 0.1) is 5.41 Å². The van der Waals surface area contributed by atoms with Gasteiger partial charge in [-0.1, -0.05) is 51.1 Å². The second-order valence-electron chi connectivity index (χ2n) is 7.69. The Labute approximate surface area is 117 Å². The minimum atomic E-state index is -1.74. The van der Waals surface area contributed by atoms with E-state index in [1.807, 2.05) is 18.2 Å². The van der Waals surface area contributed by atoms with Crippen LogP contribution in [0.3, 0.4) is 0 Å². The standard InChI is InChI=1S/C16H26O2Si/c1-14(2,3)16(17)12-15(16,18-19(4,5)6)13-10-8-7-9-11-13/h7-11,17H,12H2,1-6H3/t15-,16-/m0/s1. The lowest BCUT2D eigenvalue weighted by Crippen LogP contribution is -2.43. The lowest BCUT2D eigenvalue weighted by atomic mass is 9.83. The summed E-state index contributed by atoms with van der Waals surface area (Å²) in [5.74, 6) is 0. The van der Waals surface area contributed by atoms with Crippen LogP contribution < -0.4 is 0 Å². The molecule has 0 saturated heterocycles. The Bertz CT molecular complexity index is 458. The van der Waals surface area contributed by atoms with Crippen molar-refractivity contribution < 1.29 is 9.53 Å². The van der Waals surface area contributed by atoms with Crippen LogP contribution in [-0.2, 0) is 10.0 Å². The predicted octanol–water partition coefficient (Wildman–Crippen LogP) is 3.91. The Balaban J connectivity index is 2.45. The number of hydrogen-bond donors (Lipinski definition) is 1. The van der Waals surface area contributed by atoms with E-state index in [1.54, 1.807) is 0 Å². The van der Waals surface area contributed by atoms with Gasteiger partial charge in [0.1, 0.15) is 11.2 Å². The van der Waals surface area contributed by atoms with Crippen molar-refractivity contribution in [2.24, 2.45) is 5.41 Å². The van der Waals surface area contributed by atoms with E-state index in [1.165, 1.54) is 0 Å². The summed E-state index contributed by atoms with van der Waals surface area (Å²) in [7, 11) is -1.74. The summed E-state index contributed by atoms with van der Waals surface area (Å²) in [6.07, 6.45) is 0.692. The molecule has 2 nitrogen and oxygen atoms in total. The van der Waals surface area contributed by atoms with E-state index in [2.05, 4.69) is 52.5 Å². The van der Waals surface area contributed by atoms with Crippen LogP contribution in [0.5, 0.6) is 0 Å². The topological polar surface area (TPSA) is 29.5 Å². The maximum Gasteiger partial charge on any atom is 0.185 e. The normalized spacial score (nSPS) is 31.3. The summed E-state index contributed by atoms with van der Waals surface area (Å²) in [6.45, 7) is 12.8. The molecule has 2 atom stereocenters. The molecule has 0 aliphatic heterocycles. The lowest BCUT2D eigenvalue weighted by Gasteiger charge is -2.36. The molecule has 1 fully saturated rings. The van der Waals surface area contributed by atoms with Crippen molar-refractivity contribution in [3.05, 3.63) is 35.9 Å². The molecule has 0 heterocycles. The molecular weight excluding hydrogens is 252 g/mol. The van der Waals surface area contributed by atoms with Gasteiger partial charge in [-0.05, 0) is 30.6 Å². The van der Waals surface area contributed by atoms with E-state index >= 15 is 0 Å². The monoisotopic (exact) mass is 278 g/mol. The lowest BCUT2D eigenvalue weighted by molar-refractivity contribution is -0.0412. The molecule has 19 heavy (non-hydrogen) atoms. The summed E-state index contributed by atoms with van der Waals surface area (Å²) in [6, 6.07) is 10.2. The van der Waals surface area contributed by atoms with Crippen molar-refractivity contribution >= 4 is 8.32 Å². The molecule has 1 saturated carbocycles. The van der Waals surface area contributed by atoms with Crippen molar-refractivity contribution in [3.8, 4) is 0 Å². The first-order valence-corrected chi connectivity index (χ1v) is 10.4. The van der Waals surface area contributed by atoms with Gasteiger partial charge in [0.15, 0.2) is 8.32 Å². The first-order chi connectivity index (χ1) is 8.52. The highest BCUT2D eigenvalue weighted by Crippen LogP contribution is 2.66. The Kier molecular flexibility index (Phi) is 3.24. The van der Waals surface area contributed by atoms with Gasteiger partial charge in [0.25, 0.3) is 0 Å². The maximum atomic E-state index is 11.1. The van der Waals surface area contributed by atoms with Crippen molar-refractivity contribution in [3.63, 3.8) is 0 Å². The van der Waals surface area contributed by atoms with Crippen molar-refractivity contribution in [1.29, 1.82) is 0 Å². The first kappa shape index (κ1) is 14.8. The molecular formula is C16H26O2Si. The van der Waals surface area contributed by atoms with Crippen molar-refractivity contribution in [1.82, 2.24) is 0 Å². The van der Waals surface area contributed by atoms with Gasteiger partial charge in [0.05, 0.1) is 0 Å². The molecule has 0 radical (unpaired) electrons. The molecule has 3 heteroatoms. The summed E-state index contributed by atoms with van der Waals surface area (Å²) in [5.41, 5.74) is -0.379. The zero-order valence-electron chi connectivity index (χ0n) is 12.9. The summed E-state index contributed by atoms with van der Waals surface area (Å²) >= 11 is 0. The number of rotatable bonds is 3. The molecule has 2 rings (SSSR count). The Morgan fingerprint density at radius 2 is 1.63 bits per heavy atom. The zero-order chi connectivity index (χ0) is 14.5. The molecule has 0 unspecified atom stereocenters. The van der Waals surface area contributed by atoms with Crippen LogP contribution in [0.1, 0.15) is 32.8 Å². The van der Waals surface area contributed by atoms with E-state index < -0.39 is 19.5 Å². The largest absolute Gasteiger partial charge is 0.405 e. The van der Waals surface area contributed by atoms with Gasteiger partial charge in [-0.2, -0.15) is 0 Å². The van der Waals surface area contributed by atoms with E-state index in [-0.39, 0.29) is 5.41 Å². The highest BCUT2D eigenvalue weighted by atomic mass is 28.4. The van der Waals surface area contributed by atoms with E-state index in [0.29, 0.717) is 6.42 Å². The van der Waals surface area contributed by atoms with Gasteiger partial charge in [-0.3, -0.25) is 0 Å². The van der Waals surface area contributed by atoms with Crippen LogP contribution in [0.2, 0.25) is 19.6 Å². The fourth-order valence-electron chi connectivity index (χ4n) is 2.94. The highest BCUT2D eigenvalue weighted by Gasteiger charge is 2.74. The predicted molar refractivity (Wildman–Crippen MR) is 81.6 cm³/mol. The summed E-state index contributed by atoms with van der Waals surface area (Å²) in [5, 5.41) is 11.1. The average Bonchev–Trinajstić information content (AvgIpc) is 2.85. The molecule has 0 aromatic heterocycles. The highest BCUT2D eigenvalue weighted by molar-refractivity contribution is 6.69. The maximum absolute atomic E-state index is 11.1. The van der Waals surface area contributed by atoms with E-state index in [0.717, 1.165) is 5.56 Å². The van der Waals surface area contributed by atoms with E-state index in [9.17, 15) is 5.11 Å². The van der Waals surface area contributed by atoms with Crippen LogP contribution >= 0.6 is 0 Å². The van der Waals surface area contributed by atoms with Crippen molar-refractivity contribution in [2.75, 3.05) is 0 Å². The van der Waals surface area contributed by atoms with Gasteiger partial charge in [0.2, 0.25) is 0 Å². The van der Waals surface area contributed by atoms with Gasteiger partial charge in [-0.25, -0.2) is 0 Å². The third kappa shape index (κ3) is 2.39. The SMILES string of the molecule is CC(C)(C)[C@@]1(O)C[C@]1(O[Si](C)(C)C)c1ccccc1. The minimum Gasteiger partial charge on any atom is -0.405 e. The molecule has 0 bridgehead atoms. The van der Waals surface area contributed by atoms with Crippen LogP contribution in [-0.4, -0.2) is 19.0 Å².